The van der Waals surface area contributed by atoms with Crippen LogP contribution in [0.25, 0.3) is 0 Å². The number of hydrogen-bond donors (Lipinski definition) is 1. The van der Waals surface area contributed by atoms with E-state index in [2.05, 4.69) is 34.9 Å². The zero-order valence-corrected chi connectivity index (χ0v) is 17.8. The standard InChI is InChI=1S/C26H28N2O3/c29-24-10-8-21(16-28(24)15-20-5-6-20)4-3-19-7-9-22-17-27(13-1-2-25(30)31)18-26(11-12-26)23(22)14-19/h7-10,14,16,20H,1-2,5-6,11-13,15,17-18H2,(H,30,31). The van der Waals surface area contributed by atoms with Crippen LogP contribution in [0.15, 0.2) is 41.3 Å². The topological polar surface area (TPSA) is 62.5 Å². The maximum absolute atomic E-state index is 12.1. The first-order chi connectivity index (χ1) is 15.0. The fraction of sp³-hybridized carbons (Fsp3) is 0.462. The highest BCUT2D eigenvalue weighted by atomic mass is 16.4. The fourth-order valence-electron chi connectivity index (χ4n) is 4.76. The Hall–Kier alpha value is -2.84. The number of nitrogens with zero attached hydrogens (tertiary/aromatic N) is 2. The van der Waals surface area contributed by atoms with Gasteiger partial charge in [-0.2, -0.15) is 0 Å². The Balaban J connectivity index is 1.33. The van der Waals surface area contributed by atoms with E-state index < -0.39 is 5.97 Å². The molecule has 1 aromatic carbocycles. The molecule has 2 aliphatic carbocycles. The van der Waals surface area contributed by atoms with Crippen molar-refractivity contribution in [2.24, 2.45) is 5.92 Å². The van der Waals surface area contributed by atoms with Crippen LogP contribution in [-0.4, -0.2) is 33.6 Å². The molecule has 0 bridgehead atoms. The molecule has 0 amide bonds. The number of aromatic nitrogens is 1. The molecule has 3 aliphatic rings. The summed E-state index contributed by atoms with van der Waals surface area (Å²) in [6.07, 6.45) is 7.65. The minimum absolute atomic E-state index is 0.0508. The van der Waals surface area contributed by atoms with E-state index in [0.29, 0.717) is 12.3 Å². The van der Waals surface area contributed by atoms with Crippen LogP contribution in [0.4, 0.5) is 0 Å². The Kier molecular flexibility index (Phi) is 5.19. The van der Waals surface area contributed by atoms with Crippen LogP contribution < -0.4 is 5.56 Å². The zero-order valence-electron chi connectivity index (χ0n) is 17.8. The molecular weight excluding hydrogens is 388 g/mol. The molecular formula is C26H28N2O3. The summed E-state index contributed by atoms with van der Waals surface area (Å²) in [4.78, 5) is 25.3. The van der Waals surface area contributed by atoms with E-state index in [9.17, 15) is 9.59 Å². The van der Waals surface area contributed by atoms with Crippen molar-refractivity contribution in [2.45, 2.75) is 57.0 Å². The Morgan fingerprint density at radius 3 is 2.65 bits per heavy atom. The van der Waals surface area contributed by atoms with Crippen molar-refractivity contribution in [3.8, 4) is 11.8 Å². The number of carbonyl (C=O) groups is 1. The summed E-state index contributed by atoms with van der Waals surface area (Å²) in [6, 6.07) is 9.97. The second-order valence-corrected chi connectivity index (χ2v) is 9.46. The molecule has 5 nitrogen and oxygen atoms in total. The highest BCUT2D eigenvalue weighted by molar-refractivity contribution is 5.66. The third-order valence-electron chi connectivity index (χ3n) is 6.81. The monoisotopic (exact) mass is 416 g/mol. The van der Waals surface area contributed by atoms with Crippen molar-refractivity contribution in [1.82, 2.24) is 9.47 Å². The van der Waals surface area contributed by atoms with E-state index in [1.165, 1.54) is 36.8 Å². The summed E-state index contributed by atoms with van der Waals surface area (Å²) in [7, 11) is 0. The van der Waals surface area contributed by atoms with Gasteiger partial charge in [0, 0.05) is 54.9 Å². The first-order valence-corrected chi connectivity index (χ1v) is 11.3. The Morgan fingerprint density at radius 1 is 1.13 bits per heavy atom. The van der Waals surface area contributed by atoms with Gasteiger partial charge >= 0.3 is 5.97 Å². The summed E-state index contributed by atoms with van der Waals surface area (Å²) in [6.45, 7) is 3.55. The van der Waals surface area contributed by atoms with Gasteiger partial charge in [-0.15, -0.1) is 0 Å². The molecule has 2 aromatic rings. The molecule has 1 aliphatic heterocycles. The SMILES string of the molecule is O=C(O)CCCN1Cc2ccc(C#Cc3ccc(=O)n(CC4CC4)c3)cc2C2(CC2)C1. The van der Waals surface area contributed by atoms with Gasteiger partial charge in [0.05, 0.1) is 0 Å². The van der Waals surface area contributed by atoms with Crippen molar-refractivity contribution in [3.63, 3.8) is 0 Å². The molecule has 160 valence electrons. The number of aliphatic carboxylic acids is 1. The third-order valence-corrected chi connectivity index (χ3v) is 6.81. The Morgan fingerprint density at radius 2 is 1.90 bits per heavy atom. The van der Waals surface area contributed by atoms with Crippen LogP contribution >= 0.6 is 0 Å². The average Bonchev–Trinajstić information content (AvgIpc) is 3.67. The average molecular weight is 417 g/mol. The normalized spacial score (nSPS) is 18.8. The van der Waals surface area contributed by atoms with Gasteiger partial charge in [0.15, 0.2) is 0 Å². The largest absolute Gasteiger partial charge is 0.481 e. The number of benzene rings is 1. The molecule has 1 spiro atoms. The van der Waals surface area contributed by atoms with Gasteiger partial charge < -0.3 is 9.67 Å². The highest BCUT2D eigenvalue weighted by Crippen LogP contribution is 2.52. The van der Waals surface area contributed by atoms with E-state index in [4.69, 9.17) is 5.11 Å². The number of carboxylic acids is 1. The van der Waals surface area contributed by atoms with Crippen molar-refractivity contribution in [3.05, 3.63) is 69.1 Å². The molecule has 2 fully saturated rings. The molecule has 1 N–H and O–H groups in total. The van der Waals surface area contributed by atoms with Gasteiger partial charge in [-0.05, 0) is 73.9 Å². The van der Waals surface area contributed by atoms with Gasteiger partial charge in [0.25, 0.3) is 5.56 Å². The lowest BCUT2D eigenvalue weighted by atomic mass is 9.85. The molecule has 2 saturated carbocycles. The van der Waals surface area contributed by atoms with Crippen LogP contribution in [0, 0.1) is 17.8 Å². The predicted molar refractivity (Wildman–Crippen MR) is 119 cm³/mol. The first kappa shape index (κ1) is 20.1. The van der Waals surface area contributed by atoms with Gasteiger partial charge in [0.1, 0.15) is 0 Å². The van der Waals surface area contributed by atoms with E-state index in [-0.39, 0.29) is 17.4 Å². The maximum atomic E-state index is 12.1. The van der Waals surface area contributed by atoms with E-state index in [1.54, 1.807) is 10.6 Å². The second kappa shape index (κ2) is 8.01. The number of fused-ring (bicyclic) bond motifs is 2. The zero-order chi connectivity index (χ0) is 21.4. The van der Waals surface area contributed by atoms with E-state index in [0.717, 1.165) is 37.3 Å². The molecule has 5 rings (SSSR count). The molecule has 0 atom stereocenters. The van der Waals surface area contributed by atoms with Crippen LogP contribution in [0.5, 0.6) is 0 Å². The van der Waals surface area contributed by atoms with Crippen molar-refractivity contribution in [2.75, 3.05) is 13.1 Å². The second-order valence-electron chi connectivity index (χ2n) is 9.46. The lowest BCUT2D eigenvalue weighted by Gasteiger charge is -2.35. The molecule has 31 heavy (non-hydrogen) atoms. The van der Waals surface area contributed by atoms with Gasteiger partial charge in [-0.1, -0.05) is 17.9 Å². The Labute approximate surface area is 182 Å². The lowest BCUT2D eigenvalue weighted by Crippen LogP contribution is -2.38. The van der Waals surface area contributed by atoms with Crippen LogP contribution in [0.2, 0.25) is 0 Å². The quantitative estimate of drug-likeness (QED) is 0.734. The minimum Gasteiger partial charge on any atom is -0.481 e. The summed E-state index contributed by atoms with van der Waals surface area (Å²) in [5.74, 6) is 6.49. The molecule has 1 aromatic heterocycles. The van der Waals surface area contributed by atoms with Gasteiger partial charge in [-0.3, -0.25) is 14.5 Å². The third kappa shape index (κ3) is 4.60. The maximum Gasteiger partial charge on any atom is 0.303 e. The highest BCUT2D eigenvalue weighted by Gasteiger charge is 2.48. The number of rotatable bonds is 6. The summed E-state index contributed by atoms with van der Waals surface area (Å²) in [5, 5.41) is 8.90. The lowest BCUT2D eigenvalue weighted by molar-refractivity contribution is -0.137. The van der Waals surface area contributed by atoms with E-state index in [1.807, 2.05) is 12.3 Å². The number of hydrogen-bond acceptors (Lipinski definition) is 3. The smallest absolute Gasteiger partial charge is 0.303 e. The minimum atomic E-state index is -0.718. The van der Waals surface area contributed by atoms with Crippen LogP contribution in [0.3, 0.4) is 0 Å². The van der Waals surface area contributed by atoms with Crippen LogP contribution in [-0.2, 0) is 23.3 Å². The van der Waals surface area contributed by atoms with Gasteiger partial charge in [-0.25, -0.2) is 0 Å². The first-order valence-electron chi connectivity index (χ1n) is 11.3. The van der Waals surface area contributed by atoms with Gasteiger partial charge in [0.2, 0.25) is 0 Å². The molecule has 5 heteroatoms. The number of carboxylic acid groups (broad SMARTS) is 1. The molecule has 0 unspecified atom stereocenters. The number of pyridine rings is 1. The Bertz CT molecular complexity index is 1130. The predicted octanol–water partition coefficient (Wildman–Crippen LogP) is 3.37. The van der Waals surface area contributed by atoms with Crippen molar-refractivity contribution < 1.29 is 9.90 Å². The van der Waals surface area contributed by atoms with Crippen molar-refractivity contribution >= 4 is 5.97 Å². The molecule has 0 radical (unpaired) electrons. The van der Waals surface area contributed by atoms with E-state index >= 15 is 0 Å². The summed E-state index contributed by atoms with van der Waals surface area (Å²) < 4.78 is 1.80. The molecule has 2 heterocycles. The van der Waals surface area contributed by atoms with Crippen LogP contribution in [0.1, 0.15) is 60.8 Å². The fourth-order valence-corrected chi connectivity index (χ4v) is 4.76. The van der Waals surface area contributed by atoms with Crippen molar-refractivity contribution in [1.29, 1.82) is 0 Å². The summed E-state index contributed by atoms with van der Waals surface area (Å²) >= 11 is 0. The summed E-state index contributed by atoms with van der Waals surface area (Å²) in [5.41, 5.74) is 4.95. The molecule has 0 saturated heterocycles.